The van der Waals surface area contributed by atoms with E-state index in [0.717, 1.165) is 5.39 Å². The highest BCUT2D eigenvalue weighted by Crippen LogP contribution is 2.28. The third-order valence-corrected chi connectivity index (χ3v) is 2.39. The number of hydrazone groups is 1. The molecule has 5 N–H and O–H groups in total. The van der Waals surface area contributed by atoms with Gasteiger partial charge in [-0.25, -0.2) is 10.2 Å². The lowest BCUT2D eigenvalue weighted by Crippen LogP contribution is -2.24. The summed E-state index contributed by atoms with van der Waals surface area (Å²) in [5.41, 5.74) is 7.29. The van der Waals surface area contributed by atoms with E-state index in [9.17, 15) is 15.0 Å². The van der Waals surface area contributed by atoms with E-state index in [1.165, 1.54) is 18.3 Å². The van der Waals surface area contributed by atoms with Crippen LogP contribution in [0.1, 0.15) is 5.56 Å². The van der Waals surface area contributed by atoms with Gasteiger partial charge < -0.3 is 15.9 Å². The normalized spacial score (nSPS) is 10.9. The molecule has 0 fully saturated rings. The van der Waals surface area contributed by atoms with Crippen LogP contribution in [0.5, 0.6) is 11.5 Å². The van der Waals surface area contributed by atoms with E-state index in [1.807, 2.05) is 5.43 Å². The zero-order valence-electron chi connectivity index (χ0n) is 9.29. The summed E-state index contributed by atoms with van der Waals surface area (Å²) in [7, 11) is 0. The predicted octanol–water partition coefficient (Wildman–Crippen LogP) is 1.25. The van der Waals surface area contributed by atoms with Gasteiger partial charge in [-0.15, -0.1) is 0 Å². The molecule has 0 aliphatic carbocycles. The average molecular weight is 245 g/mol. The highest BCUT2D eigenvalue weighted by molar-refractivity contribution is 6.03. The molecule has 18 heavy (non-hydrogen) atoms. The molecule has 2 aromatic carbocycles. The maximum atomic E-state index is 10.5. The Labute approximate surface area is 102 Å². The van der Waals surface area contributed by atoms with E-state index in [2.05, 4.69) is 5.10 Å². The van der Waals surface area contributed by atoms with Crippen molar-refractivity contribution in [3.8, 4) is 11.5 Å². The third-order valence-electron chi connectivity index (χ3n) is 2.39. The number of carbonyl (C=O) groups is 1. The minimum Gasteiger partial charge on any atom is -0.508 e. The Morgan fingerprint density at radius 1 is 1.28 bits per heavy atom. The molecule has 2 aromatic rings. The average Bonchev–Trinajstić information content (AvgIpc) is 2.31. The SMILES string of the molecule is NC(=O)NN=Cc1c(O)ccc2ccc(O)cc12. The molecule has 0 radical (unpaired) electrons. The summed E-state index contributed by atoms with van der Waals surface area (Å²) in [5, 5.41) is 24.2. The van der Waals surface area contributed by atoms with Crippen molar-refractivity contribution >= 4 is 23.0 Å². The van der Waals surface area contributed by atoms with Gasteiger partial charge in [-0.3, -0.25) is 0 Å². The zero-order valence-corrected chi connectivity index (χ0v) is 9.29. The van der Waals surface area contributed by atoms with Gasteiger partial charge >= 0.3 is 6.03 Å². The smallest absolute Gasteiger partial charge is 0.332 e. The van der Waals surface area contributed by atoms with Crippen LogP contribution in [0.2, 0.25) is 0 Å². The fourth-order valence-electron chi connectivity index (χ4n) is 1.62. The first kappa shape index (κ1) is 11.7. The number of benzene rings is 2. The van der Waals surface area contributed by atoms with Crippen LogP contribution in [0.4, 0.5) is 4.79 Å². The molecule has 0 saturated carbocycles. The van der Waals surface area contributed by atoms with Crippen molar-refractivity contribution in [3.05, 3.63) is 35.9 Å². The number of nitrogens with one attached hydrogen (secondary N) is 1. The second-order valence-corrected chi connectivity index (χ2v) is 3.64. The van der Waals surface area contributed by atoms with Crippen LogP contribution >= 0.6 is 0 Å². The number of hydrogen-bond acceptors (Lipinski definition) is 4. The van der Waals surface area contributed by atoms with Gasteiger partial charge in [0.2, 0.25) is 0 Å². The number of aromatic hydroxyl groups is 2. The molecule has 6 nitrogen and oxygen atoms in total. The van der Waals surface area contributed by atoms with Crippen LogP contribution in [-0.2, 0) is 0 Å². The first-order valence-electron chi connectivity index (χ1n) is 5.11. The lowest BCUT2D eigenvalue weighted by molar-refractivity contribution is 0.249. The molecule has 0 aliphatic rings. The molecule has 0 atom stereocenters. The second kappa shape index (κ2) is 4.62. The molecule has 0 aliphatic heterocycles. The van der Waals surface area contributed by atoms with Crippen molar-refractivity contribution < 1.29 is 15.0 Å². The van der Waals surface area contributed by atoms with Gasteiger partial charge in [-0.1, -0.05) is 12.1 Å². The zero-order chi connectivity index (χ0) is 13.1. The molecule has 0 unspecified atom stereocenters. The molecule has 2 rings (SSSR count). The first-order valence-corrected chi connectivity index (χ1v) is 5.11. The number of phenols is 2. The molecule has 0 saturated heterocycles. The number of hydrogen-bond donors (Lipinski definition) is 4. The number of primary amides is 1. The number of phenolic OH excluding ortho intramolecular Hbond substituents is 2. The topological polar surface area (TPSA) is 108 Å². The number of amides is 2. The molecule has 0 bridgehead atoms. The van der Waals surface area contributed by atoms with Crippen LogP contribution in [-0.4, -0.2) is 22.5 Å². The highest BCUT2D eigenvalue weighted by atomic mass is 16.3. The number of carbonyl (C=O) groups excluding carboxylic acids is 1. The number of urea groups is 1. The Morgan fingerprint density at radius 2 is 2.00 bits per heavy atom. The van der Waals surface area contributed by atoms with Crippen LogP contribution in [0, 0.1) is 0 Å². The van der Waals surface area contributed by atoms with Crippen molar-refractivity contribution in [3.63, 3.8) is 0 Å². The van der Waals surface area contributed by atoms with Gasteiger partial charge in [0.05, 0.1) is 6.21 Å². The van der Waals surface area contributed by atoms with Crippen molar-refractivity contribution in [2.75, 3.05) is 0 Å². The standard InChI is InChI=1S/C12H11N3O3/c13-12(18)15-14-6-10-9-5-8(16)3-1-7(9)2-4-11(10)17/h1-6,16-17H,(H3,13,15,18). The van der Waals surface area contributed by atoms with E-state index in [-0.39, 0.29) is 11.5 Å². The highest BCUT2D eigenvalue weighted by Gasteiger charge is 2.05. The van der Waals surface area contributed by atoms with E-state index >= 15 is 0 Å². The summed E-state index contributed by atoms with van der Waals surface area (Å²) >= 11 is 0. The molecule has 6 heteroatoms. The summed E-state index contributed by atoms with van der Waals surface area (Å²) in [4.78, 5) is 10.5. The van der Waals surface area contributed by atoms with Crippen LogP contribution in [0.15, 0.2) is 35.4 Å². The molecular weight excluding hydrogens is 234 g/mol. The van der Waals surface area contributed by atoms with E-state index in [1.54, 1.807) is 18.2 Å². The number of fused-ring (bicyclic) bond motifs is 1. The summed E-state index contributed by atoms with van der Waals surface area (Å²) in [6, 6.07) is 7.17. The number of nitrogens with two attached hydrogens (primary N) is 1. The minimum absolute atomic E-state index is 0.0110. The minimum atomic E-state index is -0.797. The Morgan fingerprint density at radius 3 is 2.72 bits per heavy atom. The number of rotatable bonds is 2. The predicted molar refractivity (Wildman–Crippen MR) is 67.6 cm³/mol. The van der Waals surface area contributed by atoms with Gasteiger partial charge in [0.1, 0.15) is 11.5 Å². The molecule has 92 valence electrons. The lowest BCUT2D eigenvalue weighted by Gasteiger charge is -2.05. The lowest BCUT2D eigenvalue weighted by atomic mass is 10.0. The monoisotopic (exact) mass is 245 g/mol. The van der Waals surface area contributed by atoms with Gasteiger partial charge in [-0.2, -0.15) is 5.10 Å². The van der Waals surface area contributed by atoms with E-state index in [4.69, 9.17) is 5.73 Å². The molecular formula is C12H11N3O3. The number of nitrogens with zero attached hydrogens (tertiary/aromatic N) is 1. The van der Waals surface area contributed by atoms with Crippen molar-refractivity contribution in [1.82, 2.24) is 5.43 Å². The van der Waals surface area contributed by atoms with Gasteiger partial charge in [0, 0.05) is 5.56 Å². The maximum absolute atomic E-state index is 10.5. The molecule has 0 spiro atoms. The van der Waals surface area contributed by atoms with Gasteiger partial charge in [0.25, 0.3) is 0 Å². The second-order valence-electron chi connectivity index (χ2n) is 3.64. The largest absolute Gasteiger partial charge is 0.508 e. The summed E-state index contributed by atoms with van der Waals surface area (Å²) in [6.45, 7) is 0. The third kappa shape index (κ3) is 2.32. The van der Waals surface area contributed by atoms with Gasteiger partial charge in [-0.05, 0) is 29.0 Å². The van der Waals surface area contributed by atoms with Crippen LogP contribution in [0.25, 0.3) is 10.8 Å². The Hall–Kier alpha value is -2.76. The molecule has 0 aromatic heterocycles. The maximum Gasteiger partial charge on any atom is 0.332 e. The fraction of sp³-hybridized carbons (Fsp3) is 0. The quantitative estimate of drug-likeness (QED) is 0.472. The summed E-state index contributed by atoms with van der Waals surface area (Å²) < 4.78 is 0. The Balaban J connectivity index is 2.53. The van der Waals surface area contributed by atoms with Crippen molar-refractivity contribution in [2.24, 2.45) is 10.8 Å². The van der Waals surface area contributed by atoms with Crippen LogP contribution < -0.4 is 11.2 Å². The first-order chi connectivity index (χ1) is 8.58. The van der Waals surface area contributed by atoms with E-state index < -0.39 is 6.03 Å². The Kier molecular flexibility index (Phi) is 3.01. The summed E-state index contributed by atoms with van der Waals surface area (Å²) in [5.74, 6) is 0.0636. The van der Waals surface area contributed by atoms with Crippen LogP contribution in [0.3, 0.4) is 0 Å². The fourth-order valence-corrected chi connectivity index (χ4v) is 1.62. The van der Waals surface area contributed by atoms with Crippen molar-refractivity contribution in [2.45, 2.75) is 0 Å². The molecule has 2 amide bonds. The molecule has 0 heterocycles. The Bertz CT molecular complexity index is 632. The van der Waals surface area contributed by atoms with Gasteiger partial charge in [0.15, 0.2) is 0 Å². The van der Waals surface area contributed by atoms with E-state index in [0.29, 0.717) is 10.9 Å². The summed E-state index contributed by atoms with van der Waals surface area (Å²) in [6.07, 6.45) is 1.27. The van der Waals surface area contributed by atoms with Crippen molar-refractivity contribution in [1.29, 1.82) is 0 Å².